The monoisotopic (exact) mass is 243 g/mol. The van der Waals surface area contributed by atoms with Crippen molar-refractivity contribution in [3.05, 3.63) is 0 Å². The minimum atomic E-state index is -0.0773. The number of ether oxygens (including phenoxy) is 1. The van der Waals surface area contributed by atoms with Crippen molar-refractivity contribution in [3.63, 3.8) is 0 Å². The first-order chi connectivity index (χ1) is 8.24. The van der Waals surface area contributed by atoms with E-state index < -0.39 is 0 Å². The molecular formula is C11H21N3O3. The van der Waals surface area contributed by atoms with Crippen LogP contribution in [0.3, 0.4) is 0 Å². The zero-order valence-corrected chi connectivity index (χ0v) is 10.3. The zero-order chi connectivity index (χ0) is 12.5. The maximum absolute atomic E-state index is 11.6. The third-order valence-corrected chi connectivity index (χ3v) is 2.66. The van der Waals surface area contributed by atoms with E-state index in [0.29, 0.717) is 26.1 Å². The van der Waals surface area contributed by atoms with Gasteiger partial charge in [-0.15, -0.1) is 0 Å². The minimum absolute atomic E-state index is 0.00723. The van der Waals surface area contributed by atoms with Gasteiger partial charge < -0.3 is 20.7 Å². The lowest BCUT2D eigenvalue weighted by atomic mass is 10.2. The molecule has 6 nitrogen and oxygen atoms in total. The van der Waals surface area contributed by atoms with Crippen LogP contribution in [0.5, 0.6) is 0 Å². The number of carbonyl (C=O) groups is 2. The van der Waals surface area contributed by atoms with Gasteiger partial charge >= 0.3 is 0 Å². The Morgan fingerprint density at radius 1 is 1.35 bits per heavy atom. The number of amides is 2. The van der Waals surface area contributed by atoms with Crippen molar-refractivity contribution in [1.82, 2.24) is 16.0 Å². The molecule has 1 aliphatic heterocycles. The van der Waals surface area contributed by atoms with Crippen LogP contribution in [0.2, 0.25) is 0 Å². The summed E-state index contributed by atoms with van der Waals surface area (Å²) in [5.74, 6) is -0.0751. The zero-order valence-electron chi connectivity index (χ0n) is 10.3. The Bertz CT molecular complexity index is 252. The standard InChI is InChI=1S/C11H21N3O3/c1-17-8-7-13-10(15)4-6-14-11(16)9-3-2-5-12-9/h9,12H,2-8H2,1H3,(H,13,15)(H,14,16)/t9-/m1/s1. The molecule has 0 aromatic heterocycles. The molecule has 0 aliphatic carbocycles. The van der Waals surface area contributed by atoms with E-state index in [1.807, 2.05) is 0 Å². The molecule has 0 spiro atoms. The predicted octanol–water partition coefficient (Wildman–Crippen LogP) is -0.993. The van der Waals surface area contributed by atoms with E-state index in [-0.39, 0.29) is 17.9 Å². The summed E-state index contributed by atoms with van der Waals surface area (Å²) in [6, 6.07) is -0.0773. The van der Waals surface area contributed by atoms with E-state index >= 15 is 0 Å². The quantitative estimate of drug-likeness (QED) is 0.502. The van der Waals surface area contributed by atoms with Crippen LogP contribution in [-0.4, -0.2) is 51.2 Å². The van der Waals surface area contributed by atoms with Crippen LogP contribution in [0, 0.1) is 0 Å². The normalized spacial score (nSPS) is 19.0. The van der Waals surface area contributed by atoms with Gasteiger partial charge in [-0.2, -0.15) is 0 Å². The summed E-state index contributed by atoms with van der Waals surface area (Å²) in [6.45, 7) is 2.29. The summed E-state index contributed by atoms with van der Waals surface area (Å²) in [7, 11) is 1.58. The van der Waals surface area contributed by atoms with Crippen molar-refractivity contribution >= 4 is 11.8 Å². The van der Waals surface area contributed by atoms with Gasteiger partial charge in [-0.25, -0.2) is 0 Å². The van der Waals surface area contributed by atoms with Crippen molar-refractivity contribution in [2.75, 3.05) is 33.4 Å². The van der Waals surface area contributed by atoms with Crippen molar-refractivity contribution in [3.8, 4) is 0 Å². The second-order valence-corrected chi connectivity index (χ2v) is 4.03. The molecule has 1 saturated heterocycles. The Balaban J connectivity index is 2.02. The largest absolute Gasteiger partial charge is 0.383 e. The molecule has 1 atom stereocenters. The molecule has 0 radical (unpaired) electrons. The van der Waals surface area contributed by atoms with E-state index in [2.05, 4.69) is 16.0 Å². The fourth-order valence-electron chi connectivity index (χ4n) is 1.71. The van der Waals surface area contributed by atoms with E-state index in [0.717, 1.165) is 19.4 Å². The molecule has 1 aliphatic rings. The summed E-state index contributed by atoms with van der Waals surface area (Å²) in [5.41, 5.74) is 0. The number of methoxy groups -OCH3 is 1. The fraction of sp³-hybridized carbons (Fsp3) is 0.818. The molecule has 17 heavy (non-hydrogen) atoms. The second kappa shape index (κ2) is 8.03. The van der Waals surface area contributed by atoms with Crippen LogP contribution in [0.25, 0.3) is 0 Å². The van der Waals surface area contributed by atoms with Gasteiger partial charge in [0, 0.05) is 26.6 Å². The van der Waals surface area contributed by atoms with Gasteiger partial charge in [0.1, 0.15) is 0 Å². The molecule has 0 aromatic carbocycles. The van der Waals surface area contributed by atoms with Gasteiger partial charge in [-0.1, -0.05) is 0 Å². The molecule has 1 heterocycles. The molecule has 6 heteroatoms. The molecule has 0 aromatic rings. The van der Waals surface area contributed by atoms with E-state index in [1.54, 1.807) is 7.11 Å². The topological polar surface area (TPSA) is 79.5 Å². The lowest BCUT2D eigenvalue weighted by Crippen LogP contribution is -2.41. The third-order valence-electron chi connectivity index (χ3n) is 2.66. The van der Waals surface area contributed by atoms with Crippen LogP contribution in [0.15, 0.2) is 0 Å². The highest BCUT2D eigenvalue weighted by Crippen LogP contribution is 2.04. The van der Waals surface area contributed by atoms with E-state index in [1.165, 1.54) is 0 Å². The molecule has 2 amide bonds. The SMILES string of the molecule is COCCNC(=O)CCNC(=O)[C@H]1CCCN1. The van der Waals surface area contributed by atoms with Gasteiger partial charge in [0.25, 0.3) is 0 Å². The lowest BCUT2D eigenvalue weighted by Gasteiger charge is -2.10. The maximum Gasteiger partial charge on any atom is 0.237 e. The molecule has 3 N–H and O–H groups in total. The summed E-state index contributed by atoms with van der Waals surface area (Å²) in [4.78, 5) is 22.8. The summed E-state index contributed by atoms with van der Waals surface area (Å²) >= 11 is 0. The Labute approximate surface area is 101 Å². The van der Waals surface area contributed by atoms with Crippen LogP contribution in [-0.2, 0) is 14.3 Å². The molecular weight excluding hydrogens is 222 g/mol. The highest BCUT2D eigenvalue weighted by Gasteiger charge is 2.21. The summed E-state index contributed by atoms with van der Waals surface area (Å²) in [6.07, 6.45) is 2.23. The molecule has 1 fully saturated rings. The Morgan fingerprint density at radius 3 is 2.82 bits per heavy atom. The number of carbonyl (C=O) groups excluding carboxylic acids is 2. The van der Waals surface area contributed by atoms with Gasteiger partial charge in [-0.3, -0.25) is 9.59 Å². The van der Waals surface area contributed by atoms with Crippen molar-refractivity contribution in [2.45, 2.75) is 25.3 Å². The van der Waals surface area contributed by atoms with E-state index in [4.69, 9.17) is 4.74 Å². The Kier molecular flexibility index (Phi) is 6.57. The Hall–Kier alpha value is -1.14. The van der Waals surface area contributed by atoms with Crippen molar-refractivity contribution in [2.24, 2.45) is 0 Å². The van der Waals surface area contributed by atoms with Gasteiger partial charge in [0.2, 0.25) is 11.8 Å². The smallest absolute Gasteiger partial charge is 0.237 e. The molecule has 1 rings (SSSR count). The number of hydrogen-bond acceptors (Lipinski definition) is 4. The average molecular weight is 243 g/mol. The van der Waals surface area contributed by atoms with Crippen molar-refractivity contribution in [1.29, 1.82) is 0 Å². The predicted molar refractivity (Wildman–Crippen MR) is 63.5 cm³/mol. The third kappa shape index (κ3) is 5.65. The average Bonchev–Trinajstić information content (AvgIpc) is 2.82. The number of nitrogens with one attached hydrogen (secondary N) is 3. The van der Waals surface area contributed by atoms with Crippen LogP contribution in [0.1, 0.15) is 19.3 Å². The first kappa shape index (κ1) is 13.9. The molecule has 98 valence electrons. The fourth-order valence-corrected chi connectivity index (χ4v) is 1.71. The molecule has 0 saturated carbocycles. The molecule has 0 bridgehead atoms. The molecule has 0 unspecified atom stereocenters. The highest BCUT2D eigenvalue weighted by atomic mass is 16.5. The van der Waals surface area contributed by atoms with Crippen molar-refractivity contribution < 1.29 is 14.3 Å². The van der Waals surface area contributed by atoms with Gasteiger partial charge in [-0.05, 0) is 19.4 Å². The first-order valence-electron chi connectivity index (χ1n) is 6.00. The van der Waals surface area contributed by atoms with E-state index in [9.17, 15) is 9.59 Å². The van der Waals surface area contributed by atoms with Crippen LogP contribution < -0.4 is 16.0 Å². The van der Waals surface area contributed by atoms with Gasteiger partial charge in [0.15, 0.2) is 0 Å². The minimum Gasteiger partial charge on any atom is -0.383 e. The van der Waals surface area contributed by atoms with Crippen LogP contribution >= 0.6 is 0 Å². The lowest BCUT2D eigenvalue weighted by molar-refractivity contribution is -0.123. The second-order valence-electron chi connectivity index (χ2n) is 4.03. The highest BCUT2D eigenvalue weighted by molar-refractivity contribution is 5.83. The van der Waals surface area contributed by atoms with Gasteiger partial charge in [0.05, 0.1) is 12.6 Å². The maximum atomic E-state index is 11.6. The first-order valence-corrected chi connectivity index (χ1v) is 6.00. The summed E-state index contributed by atoms with van der Waals surface area (Å²) in [5, 5.41) is 8.56. The number of rotatable bonds is 7. The van der Waals surface area contributed by atoms with Crippen LogP contribution in [0.4, 0.5) is 0 Å². The summed E-state index contributed by atoms with van der Waals surface area (Å²) < 4.78 is 4.81. The Morgan fingerprint density at radius 2 is 2.18 bits per heavy atom. The number of hydrogen-bond donors (Lipinski definition) is 3.